The highest BCUT2D eigenvalue weighted by Gasteiger charge is 2.26. The summed E-state index contributed by atoms with van der Waals surface area (Å²) in [4.78, 5) is 22.0. The Kier molecular flexibility index (Phi) is 13.9. The molecule has 4 heterocycles. The number of ether oxygens (including phenoxy) is 2. The molecule has 0 aliphatic carbocycles. The van der Waals surface area contributed by atoms with Crippen molar-refractivity contribution in [2.24, 2.45) is 20.0 Å². The molecule has 0 fully saturated rings. The molecule has 4 aromatic rings. The van der Waals surface area contributed by atoms with Gasteiger partial charge < -0.3 is 25.0 Å². The Morgan fingerprint density at radius 2 is 1.20 bits per heavy atom. The molecule has 0 bridgehead atoms. The monoisotopic (exact) mass is 901 g/mol. The van der Waals surface area contributed by atoms with Crippen LogP contribution in [0, 0.1) is 0 Å². The molecular weight excluding hydrogens is 861 g/mol. The molecule has 20 heteroatoms. The van der Waals surface area contributed by atoms with Gasteiger partial charge in [-0.2, -0.15) is 12.7 Å². The number of benzene rings is 4. The summed E-state index contributed by atoms with van der Waals surface area (Å²) in [6, 6.07) is 21.8. The number of nitrogens with two attached hydrogens (primary N) is 1. The van der Waals surface area contributed by atoms with Crippen LogP contribution in [0.2, 0.25) is 10.0 Å². The second-order valence-electron chi connectivity index (χ2n) is 13.3. The molecular formula is C39H42Cl3N9O6S2. The van der Waals surface area contributed by atoms with Crippen LogP contribution in [-0.2, 0) is 25.0 Å². The highest BCUT2D eigenvalue weighted by molar-refractivity contribution is 8.11. The van der Waals surface area contributed by atoms with Crippen molar-refractivity contribution < 1.29 is 26.3 Å². The van der Waals surface area contributed by atoms with Crippen LogP contribution in [0.1, 0.15) is 30.5 Å². The van der Waals surface area contributed by atoms with Gasteiger partial charge in [0.05, 0.1) is 53.6 Å². The highest BCUT2D eigenvalue weighted by Crippen LogP contribution is 2.38. The molecule has 0 radical (unpaired) electrons. The minimum atomic E-state index is -3.45. The maximum absolute atomic E-state index is 12.4. The molecule has 15 nitrogen and oxygen atoms in total. The van der Waals surface area contributed by atoms with Crippen LogP contribution in [0.15, 0.2) is 92.8 Å². The average molecular weight is 903 g/mol. The summed E-state index contributed by atoms with van der Waals surface area (Å²) in [5, 5.41) is 0.703. The van der Waals surface area contributed by atoms with Crippen molar-refractivity contribution in [1.29, 1.82) is 0 Å². The Morgan fingerprint density at radius 1 is 0.712 bits per heavy atom. The van der Waals surface area contributed by atoms with E-state index in [2.05, 4.69) is 20.0 Å². The molecule has 0 aromatic heterocycles. The molecule has 4 aliphatic rings. The third-order valence-corrected chi connectivity index (χ3v) is 13.8. The minimum absolute atomic E-state index is 0.182. The molecule has 0 atom stereocenters. The fraction of sp³-hybridized carbons (Fsp3) is 0.282. The van der Waals surface area contributed by atoms with E-state index < -0.39 is 19.3 Å². The number of amidine groups is 2. The molecule has 0 amide bonds. The lowest BCUT2D eigenvalue weighted by atomic mass is 10.1. The van der Waals surface area contributed by atoms with E-state index in [-0.39, 0.29) is 10.8 Å². The molecule has 312 valence electrons. The second kappa shape index (κ2) is 18.7. The SMILES string of the molecule is CCN(C)S(=O)(=O)Cc1cccc(Oc2ccc3c(c2)C2=NCCN2C=N3)c1Cl.CCN(C)S(=O)(=O)Cl.Nc1cccc(Oc2ccc3c(c2)C2=NCCN2C=N3)c1Cl. The lowest BCUT2D eigenvalue weighted by Gasteiger charge is -2.21. The molecule has 0 unspecified atom stereocenters. The Morgan fingerprint density at radius 3 is 1.68 bits per heavy atom. The number of nitrogens with zero attached hydrogens (tertiary/aromatic N) is 8. The van der Waals surface area contributed by atoms with Gasteiger partial charge >= 0.3 is 0 Å². The number of rotatable bonds is 10. The number of halogens is 3. The lowest BCUT2D eigenvalue weighted by Crippen LogP contribution is -2.29. The summed E-state index contributed by atoms with van der Waals surface area (Å²) in [6.45, 7) is 7.50. The largest absolute Gasteiger partial charge is 0.456 e. The van der Waals surface area contributed by atoms with Gasteiger partial charge in [0.25, 0.3) is 9.24 Å². The standard InChI is InChI=1S/C20H21ClN4O3S.C16H13ClN4O.C3H8ClNO2S/c1-3-24(2)29(26,27)12-14-5-4-6-18(19(14)21)28-15-7-8-17-16(11-15)20-22-9-10-25(20)13-23-17;17-15-12(18)2-1-3-14(15)22-10-4-5-13-11(8-10)16-19-6-7-21(16)9-20-13;1-3-5(2)8(4,6)7/h4-8,11,13H,3,9-10,12H2,1-2H3;1-5,8-9H,6-7,18H2;3H2,1-2H3. The van der Waals surface area contributed by atoms with Gasteiger partial charge in [-0.1, -0.05) is 55.2 Å². The Labute approximate surface area is 358 Å². The topological polar surface area (TPSA) is 175 Å². The first-order valence-electron chi connectivity index (χ1n) is 18.4. The lowest BCUT2D eigenvalue weighted by molar-refractivity contribution is 0.480. The van der Waals surface area contributed by atoms with Crippen molar-refractivity contribution in [2.45, 2.75) is 19.6 Å². The van der Waals surface area contributed by atoms with Crippen LogP contribution in [0.5, 0.6) is 23.0 Å². The third-order valence-electron chi connectivity index (χ3n) is 9.41. The zero-order chi connectivity index (χ0) is 42.5. The van der Waals surface area contributed by atoms with Crippen LogP contribution < -0.4 is 15.2 Å². The Balaban J connectivity index is 0.000000172. The Bertz CT molecular complexity index is 2570. The van der Waals surface area contributed by atoms with Crippen molar-refractivity contribution in [3.8, 4) is 23.0 Å². The molecule has 4 aromatic carbocycles. The van der Waals surface area contributed by atoms with E-state index in [9.17, 15) is 16.8 Å². The van der Waals surface area contributed by atoms with E-state index >= 15 is 0 Å². The van der Waals surface area contributed by atoms with Gasteiger partial charge in [0, 0.05) is 62.1 Å². The number of hydrogen-bond acceptors (Lipinski definition) is 13. The van der Waals surface area contributed by atoms with E-state index in [0.29, 0.717) is 52.4 Å². The van der Waals surface area contributed by atoms with E-state index in [0.717, 1.165) is 64.7 Å². The molecule has 59 heavy (non-hydrogen) atoms. The summed E-state index contributed by atoms with van der Waals surface area (Å²) in [7, 11) is 0.962. The first-order chi connectivity index (χ1) is 28.1. The normalized spacial score (nSPS) is 14.9. The van der Waals surface area contributed by atoms with E-state index in [1.54, 1.807) is 57.6 Å². The number of anilines is 1. The number of aliphatic imine (C=N–C) groups is 4. The zero-order valence-electron chi connectivity index (χ0n) is 32.6. The summed E-state index contributed by atoms with van der Waals surface area (Å²) in [5.74, 6) is 3.84. The van der Waals surface area contributed by atoms with Gasteiger partial charge in [0.2, 0.25) is 10.0 Å². The van der Waals surface area contributed by atoms with Crippen molar-refractivity contribution in [3.63, 3.8) is 0 Å². The number of sulfonamides is 1. The van der Waals surface area contributed by atoms with Crippen LogP contribution >= 0.6 is 33.9 Å². The quantitative estimate of drug-likeness (QED) is 0.125. The van der Waals surface area contributed by atoms with Crippen LogP contribution in [0.25, 0.3) is 0 Å². The fourth-order valence-corrected chi connectivity index (χ4v) is 8.22. The number of fused-ring (bicyclic) bond motifs is 6. The summed E-state index contributed by atoms with van der Waals surface area (Å²) in [6.07, 6.45) is 3.62. The van der Waals surface area contributed by atoms with Crippen molar-refractivity contribution in [1.82, 2.24) is 18.4 Å². The first-order valence-corrected chi connectivity index (χ1v) is 23.0. The smallest absolute Gasteiger partial charge is 0.299 e. The molecule has 2 N–H and O–H groups in total. The summed E-state index contributed by atoms with van der Waals surface area (Å²) >= 11 is 12.7. The van der Waals surface area contributed by atoms with Gasteiger partial charge in [-0.05, 0) is 60.2 Å². The zero-order valence-corrected chi connectivity index (χ0v) is 36.5. The molecule has 0 spiro atoms. The average Bonchev–Trinajstić information content (AvgIpc) is 3.91. The van der Waals surface area contributed by atoms with Crippen LogP contribution in [0.4, 0.5) is 17.1 Å². The van der Waals surface area contributed by atoms with Gasteiger partial charge in [-0.25, -0.2) is 22.7 Å². The highest BCUT2D eigenvalue weighted by atomic mass is 35.7. The molecule has 8 rings (SSSR count). The maximum atomic E-state index is 12.4. The van der Waals surface area contributed by atoms with Crippen molar-refractivity contribution >= 4 is 94.6 Å². The summed E-state index contributed by atoms with van der Waals surface area (Å²) in [5.41, 5.74) is 10.4. The van der Waals surface area contributed by atoms with E-state index in [1.807, 2.05) is 58.6 Å². The molecule has 4 aliphatic heterocycles. The minimum Gasteiger partial charge on any atom is -0.456 e. The van der Waals surface area contributed by atoms with Gasteiger partial charge in [-0.3, -0.25) is 9.98 Å². The van der Waals surface area contributed by atoms with Crippen LogP contribution in [-0.4, -0.2) is 113 Å². The fourth-order valence-electron chi connectivity index (χ4n) is 5.89. The van der Waals surface area contributed by atoms with Crippen molar-refractivity contribution in [2.75, 3.05) is 59.1 Å². The van der Waals surface area contributed by atoms with E-state index in [4.69, 9.17) is 49.1 Å². The van der Waals surface area contributed by atoms with E-state index in [1.165, 1.54) is 11.4 Å². The number of hydrogen-bond donors (Lipinski definition) is 1. The third kappa shape index (κ3) is 10.3. The van der Waals surface area contributed by atoms with Gasteiger partial charge in [0.1, 0.15) is 39.7 Å². The second-order valence-corrected chi connectivity index (χ2v) is 18.7. The summed E-state index contributed by atoms with van der Waals surface area (Å²) < 4.78 is 59.6. The maximum Gasteiger partial charge on any atom is 0.299 e. The number of nitrogen functional groups attached to an aromatic ring is 1. The predicted octanol–water partition coefficient (Wildman–Crippen LogP) is 7.52. The van der Waals surface area contributed by atoms with Crippen LogP contribution in [0.3, 0.4) is 0 Å². The van der Waals surface area contributed by atoms with Gasteiger partial charge in [-0.15, -0.1) is 0 Å². The van der Waals surface area contributed by atoms with Crippen molar-refractivity contribution in [3.05, 3.63) is 99.5 Å². The molecule has 0 saturated heterocycles. The predicted molar refractivity (Wildman–Crippen MR) is 237 cm³/mol. The van der Waals surface area contributed by atoms with Gasteiger partial charge in [0.15, 0.2) is 0 Å². The Hall–Kier alpha value is -4.75. The molecule has 0 saturated carbocycles. The first kappa shape index (κ1) is 43.8.